The second kappa shape index (κ2) is 4.96. The van der Waals surface area contributed by atoms with Crippen molar-refractivity contribution in [3.63, 3.8) is 0 Å². The number of hydrogen-bond acceptors (Lipinski definition) is 2. The van der Waals surface area contributed by atoms with Crippen molar-refractivity contribution in [3.8, 4) is 0 Å². The Morgan fingerprint density at radius 2 is 1.79 bits per heavy atom. The molecule has 0 aliphatic heterocycles. The molecule has 0 fully saturated rings. The van der Waals surface area contributed by atoms with Gasteiger partial charge in [-0.25, -0.2) is 0 Å². The molecule has 0 atom stereocenters. The summed E-state index contributed by atoms with van der Waals surface area (Å²) in [7, 11) is 0. The van der Waals surface area contributed by atoms with Gasteiger partial charge in [0.2, 0.25) is 5.96 Å². The molecular formula is C9H14N5+. The van der Waals surface area contributed by atoms with E-state index in [1.165, 1.54) is 0 Å². The van der Waals surface area contributed by atoms with Gasteiger partial charge >= 0.3 is 0 Å². The van der Waals surface area contributed by atoms with Gasteiger partial charge in [-0.3, -0.25) is 0 Å². The molecule has 0 aliphatic rings. The predicted molar refractivity (Wildman–Crippen MR) is 55.6 cm³/mol. The van der Waals surface area contributed by atoms with Crippen molar-refractivity contribution in [3.05, 3.63) is 30.6 Å². The van der Waals surface area contributed by atoms with E-state index >= 15 is 0 Å². The summed E-state index contributed by atoms with van der Waals surface area (Å²) in [5, 5.41) is 7.42. The highest BCUT2D eigenvalue weighted by atomic mass is 15.3. The maximum Gasteiger partial charge on any atom is 0.211 e. The fraction of sp³-hybridized carbons (Fsp3) is 0.222. The number of pyridine rings is 1. The van der Waals surface area contributed by atoms with Gasteiger partial charge in [0, 0.05) is 12.1 Å². The van der Waals surface area contributed by atoms with E-state index in [-0.39, 0.29) is 5.96 Å². The Labute approximate surface area is 82.8 Å². The Bertz CT molecular complexity index is 337. The van der Waals surface area contributed by atoms with Gasteiger partial charge in [-0.2, -0.15) is 9.67 Å². The van der Waals surface area contributed by atoms with E-state index in [0.717, 1.165) is 5.71 Å². The smallest absolute Gasteiger partial charge is 0.211 e. The van der Waals surface area contributed by atoms with Gasteiger partial charge < -0.3 is 11.5 Å². The number of guanidine groups is 1. The molecule has 14 heavy (non-hydrogen) atoms. The fourth-order valence-electron chi connectivity index (χ4n) is 0.979. The molecule has 0 saturated heterocycles. The van der Waals surface area contributed by atoms with E-state index in [1.807, 2.05) is 42.1 Å². The van der Waals surface area contributed by atoms with E-state index in [9.17, 15) is 0 Å². The third-order valence-corrected chi connectivity index (χ3v) is 1.52. The molecule has 0 aliphatic carbocycles. The van der Waals surface area contributed by atoms with Crippen LogP contribution in [0.5, 0.6) is 0 Å². The van der Waals surface area contributed by atoms with Crippen molar-refractivity contribution in [2.45, 2.75) is 13.5 Å². The zero-order chi connectivity index (χ0) is 10.4. The van der Waals surface area contributed by atoms with Gasteiger partial charge in [0.15, 0.2) is 18.9 Å². The summed E-state index contributed by atoms with van der Waals surface area (Å²) in [6.07, 6.45) is 3.91. The molecule has 0 saturated carbocycles. The maximum absolute atomic E-state index is 5.15. The van der Waals surface area contributed by atoms with Gasteiger partial charge in [-0.05, 0) is 6.92 Å². The van der Waals surface area contributed by atoms with Gasteiger partial charge in [0.1, 0.15) is 5.71 Å². The SMILES string of the molecule is C/C(C[n+]1ccccc1)=N/N=C(N)N. The van der Waals surface area contributed by atoms with E-state index < -0.39 is 0 Å². The molecular weight excluding hydrogens is 178 g/mol. The van der Waals surface area contributed by atoms with Crippen molar-refractivity contribution < 1.29 is 4.57 Å². The summed E-state index contributed by atoms with van der Waals surface area (Å²) in [5.41, 5.74) is 11.1. The van der Waals surface area contributed by atoms with Gasteiger partial charge in [-0.15, -0.1) is 5.10 Å². The van der Waals surface area contributed by atoms with Crippen LogP contribution < -0.4 is 16.0 Å². The highest BCUT2D eigenvalue weighted by Crippen LogP contribution is 1.82. The van der Waals surface area contributed by atoms with Crippen LogP contribution in [0.3, 0.4) is 0 Å². The van der Waals surface area contributed by atoms with Crippen LogP contribution in [0.2, 0.25) is 0 Å². The van der Waals surface area contributed by atoms with Gasteiger partial charge in [0.05, 0.1) is 0 Å². The summed E-state index contributed by atoms with van der Waals surface area (Å²) < 4.78 is 1.99. The molecule has 0 radical (unpaired) electrons. The zero-order valence-corrected chi connectivity index (χ0v) is 8.09. The van der Waals surface area contributed by atoms with Crippen molar-refractivity contribution in [2.24, 2.45) is 21.7 Å². The summed E-state index contributed by atoms with van der Waals surface area (Å²) in [5.74, 6) is -0.0255. The average molecular weight is 192 g/mol. The second-order valence-electron chi connectivity index (χ2n) is 2.91. The van der Waals surface area contributed by atoms with Crippen LogP contribution in [0.1, 0.15) is 6.92 Å². The monoisotopic (exact) mass is 192 g/mol. The zero-order valence-electron chi connectivity index (χ0n) is 8.09. The van der Waals surface area contributed by atoms with Crippen molar-refractivity contribution in [1.82, 2.24) is 0 Å². The first kappa shape index (κ1) is 10.2. The molecule has 1 heterocycles. The lowest BCUT2D eigenvalue weighted by molar-refractivity contribution is -0.682. The Hall–Kier alpha value is -1.91. The highest BCUT2D eigenvalue weighted by molar-refractivity contribution is 5.82. The molecule has 74 valence electrons. The van der Waals surface area contributed by atoms with Crippen molar-refractivity contribution >= 4 is 11.7 Å². The Kier molecular flexibility index (Phi) is 3.60. The predicted octanol–water partition coefficient (Wildman–Crippen LogP) is -0.377. The molecule has 5 heteroatoms. The first-order valence-electron chi connectivity index (χ1n) is 4.24. The maximum atomic E-state index is 5.15. The molecule has 4 N–H and O–H groups in total. The molecule has 0 aromatic carbocycles. The lowest BCUT2D eigenvalue weighted by atomic mass is 10.4. The minimum atomic E-state index is -0.0255. The summed E-state index contributed by atoms with van der Waals surface area (Å²) >= 11 is 0. The Balaban J connectivity index is 2.62. The quantitative estimate of drug-likeness (QED) is 0.296. The minimum Gasteiger partial charge on any atom is -0.369 e. The van der Waals surface area contributed by atoms with Crippen molar-refractivity contribution in [2.75, 3.05) is 0 Å². The lowest BCUT2D eigenvalue weighted by Gasteiger charge is -1.93. The molecule has 0 bridgehead atoms. The molecule has 0 unspecified atom stereocenters. The Morgan fingerprint density at radius 1 is 1.14 bits per heavy atom. The molecule has 0 spiro atoms. The third kappa shape index (κ3) is 3.66. The van der Waals surface area contributed by atoms with E-state index in [4.69, 9.17) is 11.5 Å². The second-order valence-corrected chi connectivity index (χ2v) is 2.91. The van der Waals surface area contributed by atoms with Crippen LogP contribution >= 0.6 is 0 Å². The summed E-state index contributed by atoms with van der Waals surface area (Å²) in [6.45, 7) is 2.55. The van der Waals surface area contributed by atoms with Crippen LogP contribution in [0.4, 0.5) is 0 Å². The standard InChI is InChI=1S/C9H14N5/c1-8(12-13-9(10)11)7-14-5-3-2-4-6-14/h2-6H,7H2,1H3,(H4,10,11,13)/q+1/b12-8-. The first-order valence-corrected chi connectivity index (χ1v) is 4.24. The Morgan fingerprint density at radius 3 is 2.36 bits per heavy atom. The highest BCUT2D eigenvalue weighted by Gasteiger charge is 1.99. The topological polar surface area (TPSA) is 80.6 Å². The fourth-order valence-corrected chi connectivity index (χ4v) is 0.979. The molecule has 1 rings (SSSR count). The molecule has 5 nitrogen and oxygen atoms in total. The largest absolute Gasteiger partial charge is 0.369 e. The number of aromatic nitrogens is 1. The molecule has 0 amide bonds. The molecule has 1 aromatic rings. The number of rotatable bonds is 3. The van der Waals surface area contributed by atoms with Gasteiger partial charge in [0.25, 0.3) is 0 Å². The van der Waals surface area contributed by atoms with Crippen LogP contribution in [-0.4, -0.2) is 11.7 Å². The van der Waals surface area contributed by atoms with Crippen LogP contribution in [-0.2, 0) is 6.54 Å². The van der Waals surface area contributed by atoms with Crippen LogP contribution in [0.25, 0.3) is 0 Å². The average Bonchev–Trinajstić information content (AvgIpc) is 2.16. The van der Waals surface area contributed by atoms with Crippen LogP contribution in [0, 0.1) is 0 Å². The number of nitrogens with two attached hydrogens (primary N) is 2. The van der Waals surface area contributed by atoms with Crippen LogP contribution in [0.15, 0.2) is 40.8 Å². The summed E-state index contributed by atoms with van der Waals surface area (Å²) in [4.78, 5) is 0. The lowest BCUT2D eigenvalue weighted by Crippen LogP contribution is -2.36. The van der Waals surface area contributed by atoms with Crippen molar-refractivity contribution in [1.29, 1.82) is 0 Å². The summed E-state index contributed by atoms with van der Waals surface area (Å²) in [6, 6.07) is 5.86. The minimum absolute atomic E-state index is 0.0255. The van der Waals surface area contributed by atoms with E-state index in [2.05, 4.69) is 10.2 Å². The van der Waals surface area contributed by atoms with E-state index in [1.54, 1.807) is 0 Å². The van der Waals surface area contributed by atoms with E-state index in [0.29, 0.717) is 6.54 Å². The third-order valence-electron chi connectivity index (χ3n) is 1.52. The number of hydrogen-bond donors (Lipinski definition) is 2. The van der Waals surface area contributed by atoms with Gasteiger partial charge in [-0.1, -0.05) is 6.07 Å². The first-order chi connectivity index (χ1) is 6.68. The normalized spacial score (nSPS) is 11.1. The molecule has 1 aromatic heterocycles. The number of nitrogens with zero attached hydrogens (tertiary/aromatic N) is 3.